The van der Waals surface area contributed by atoms with Gasteiger partial charge in [0.15, 0.2) is 5.41 Å². The van der Waals surface area contributed by atoms with Gasteiger partial charge in [-0.25, -0.2) is 0 Å². The molecule has 16 heavy (non-hydrogen) atoms. The van der Waals surface area contributed by atoms with Crippen molar-refractivity contribution in [2.24, 2.45) is 17.3 Å². The molecule has 0 aromatic heterocycles. The first-order chi connectivity index (χ1) is 6.96. The predicted molar refractivity (Wildman–Crippen MR) is 39.4 cm³/mol. The summed E-state index contributed by atoms with van der Waals surface area (Å²) in [7, 11) is 0. The second-order valence-corrected chi connectivity index (χ2v) is 3.89. The van der Waals surface area contributed by atoms with Gasteiger partial charge in [-0.3, -0.25) is 4.79 Å². The average molecular weight is 250 g/mol. The summed E-state index contributed by atoms with van der Waals surface area (Å²) < 4.78 is 75.2. The zero-order valence-corrected chi connectivity index (χ0v) is 7.99. The van der Waals surface area contributed by atoms with Crippen LogP contribution in [0.1, 0.15) is 13.3 Å². The van der Waals surface area contributed by atoms with Gasteiger partial charge in [0.05, 0.1) is 5.92 Å². The fraction of sp³-hybridized carbons (Fsp3) is 0.875. The molecule has 1 aliphatic carbocycles. The Hall–Kier alpha value is -0.950. The van der Waals surface area contributed by atoms with Crippen LogP contribution in [-0.2, 0) is 4.79 Å². The Kier molecular flexibility index (Phi) is 2.68. The fourth-order valence-electron chi connectivity index (χ4n) is 2.32. The number of hydrogen-bond donors (Lipinski definition) is 1. The van der Waals surface area contributed by atoms with Crippen molar-refractivity contribution >= 4 is 5.97 Å². The number of carbonyl (C=O) groups is 1. The monoisotopic (exact) mass is 250 g/mol. The molecular weight excluding hydrogens is 242 g/mol. The third kappa shape index (κ3) is 1.38. The van der Waals surface area contributed by atoms with Gasteiger partial charge >= 0.3 is 18.3 Å². The van der Waals surface area contributed by atoms with E-state index in [-0.39, 0.29) is 0 Å². The lowest BCUT2D eigenvalue weighted by atomic mass is 9.52. The van der Waals surface area contributed by atoms with E-state index in [1.807, 2.05) is 0 Å². The van der Waals surface area contributed by atoms with E-state index in [1.54, 1.807) is 0 Å². The molecule has 8 heteroatoms. The van der Waals surface area contributed by atoms with Crippen LogP contribution in [0.15, 0.2) is 0 Å². The highest BCUT2D eigenvalue weighted by Gasteiger charge is 2.82. The Labute approximate surface area is 86.2 Å². The van der Waals surface area contributed by atoms with Gasteiger partial charge in [-0.15, -0.1) is 0 Å². The van der Waals surface area contributed by atoms with E-state index in [4.69, 9.17) is 5.11 Å². The standard InChI is InChI=1S/C8H8F6O2/c1-3-2-4(5(15)16)6(3,7(9,10)11)8(12,13)14/h3-4H,2H2,1H3,(H,15,16). The summed E-state index contributed by atoms with van der Waals surface area (Å²) >= 11 is 0. The average Bonchev–Trinajstić information content (AvgIpc) is 1.92. The molecule has 2 atom stereocenters. The van der Waals surface area contributed by atoms with Crippen molar-refractivity contribution in [2.45, 2.75) is 25.7 Å². The van der Waals surface area contributed by atoms with Gasteiger partial charge < -0.3 is 5.11 Å². The Morgan fingerprint density at radius 1 is 1.19 bits per heavy atom. The molecule has 94 valence electrons. The Morgan fingerprint density at radius 2 is 1.56 bits per heavy atom. The number of carboxylic acids is 1. The molecule has 1 aliphatic rings. The smallest absolute Gasteiger partial charge is 0.404 e. The number of alkyl halides is 6. The molecule has 0 aromatic carbocycles. The predicted octanol–water partition coefficient (Wildman–Crippen LogP) is 2.84. The summed E-state index contributed by atoms with van der Waals surface area (Å²) in [4.78, 5) is 10.4. The molecule has 0 radical (unpaired) electrons. The SMILES string of the molecule is CC1CC(C(=O)O)C1(C(F)(F)F)C(F)(F)F. The summed E-state index contributed by atoms with van der Waals surface area (Å²) in [5.74, 6) is -6.27. The molecule has 0 spiro atoms. The van der Waals surface area contributed by atoms with Crippen LogP contribution in [0.3, 0.4) is 0 Å². The van der Waals surface area contributed by atoms with Crippen molar-refractivity contribution in [1.29, 1.82) is 0 Å². The minimum Gasteiger partial charge on any atom is -0.481 e. The van der Waals surface area contributed by atoms with Crippen LogP contribution >= 0.6 is 0 Å². The van der Waals surface area contributed by atoms with Crippen LogP contribution in [0, 0.1) is 17.3 Å². The molecular formula is C8H8F6O2. The highest BCUT2D eigenvalue weighted by molar-refractivity contribution is 5.73. The molecule has 0 heterocycles. The van der Waals surface area contributed by atoms with Gasteiger partial charge in [-0.2, -0.15) is 26.3 Å². The van der Waals surface area contributed by atoms with Gasteiger partial charge in [0.1, 0.15) is 0 Å². The molecule has 0 aromatic rings. The number of rotatable bonds is 1. The second-order valence-electron chi connectivity index (χ2n) is 3.89. The van der Waals surface area contributed by atoms with Crippen LogP contribution < -0.4 is 0 Å². The maximum Gasteiger partial charge on any atom is 0.404 e. The third-order valence-corrected chi connectivity index (χ3v) is 3.15. The molecule has 2 nitrogen and oxygen atoms in total. The molecule has 1 N–H and O–H groups in total. The van der Waals surface area contributed by atoms with Gasteiger partial charge in [0.2, 0.25) is 0 Å². The van der Waals surface area contributed by atoms with Gasteiger partial charge in [-0.05, 0) is 12.3 Å². The Balaban J connectivity index is 3.30. The van der Waals surface area contributed by atoms with E-state index in [9.17, 15) is 31.1 Å². The minimum atomic E-state index is -5.61. The second kappa shape index (κ2) is 3.27. The highest BCUT2D eigenvalue weighted by atomic mass is 19.4. The summed E-state index contributed by atoms with van der Waals surface area (Å²) in [5.41, 5.74) is -4.11. The van der Waals surface area contributed by atoms with E-state index in [1.165, 1.54) is 0 Å². The summed E-state index contributed by atoms with van der Waals surface area (Å²) in [6, 6.07) is 0. The van der Waals surface area contributed by atoms with Gasteiger partial charge in [0.25, 0.3) is 0 Å². The number of aliphatic carboxylic acids is 1. The van der Waals surface area contributed by atoms with Crippen LogP contribution in [0.5, 0.6) is 0 Å². The number of carboxylic acid groups (broad SMARTS) is 1. The Bertz CT molecular complexity index is 291. The molecule has 0 amide bonds. The highest BCUT2D eigenvalue weighted by Crippen LogP contribution is 2.67. The van der Waals surface area contributed by atoms with Crippen molar-refractivity contribution in [1.82, 2.24) is 0 Å². The van der Waals surface area contributed by atoms with E-state index in [0.717, 1.165) is 6.92 Å². The van der Waals surface area contributed by atoms with Crippen molar-refractivity contribution in [3.05, 3.63) is 0 Å². The first-order valence-electron chi connectivity index (χ1n) is 4.32. The zero-order valence-electron chi connectivity index (χ0n) is 7.99. The minimum absolute atomic E-state index is 0.617. The van der Waals surface area contributed by atoms with Crippen molar-refractivity contribution < 1.29 is 36.2 Å². The molecule has 1 saturated carbocycles. The van der Waals surface area contributed by atoms with Gasteiger partial charge in [0, 0.05) is 0 Å². The first-order valence-corrected chi connectivity index (χ1v) is 4.32. The quantitative estimate of drug-likeness (QED) is 0.726. The maximum atomic E-state index is 12.5. The van der Waals surface area contributed by atoms with Crippen LogP contribution in [-0.4, -0.2) is 23.4 Å². The van der Waals surface area contributed by atoms with E-state index in [0.29, 0.717) is 0 Å². The molecule has 0 saturated heterocycles. The molecule has 0 bridgehead atoms. The van der Waals surface area contributed by atoms with Crippen LogP contribution in [0.25, 0.3) is 0 Å². The fourth-order valence-corrected chi connectivity index (χ4v) is 2.32. The summed E-state index contributed by atoms with van der Waals surface area (Å²) in [5, 5.41) is 8.41. The summed E-state index contributed by atoms with van der Waals surface area (Å²) in [6.45, 7) is 0.764. The zero-order chi connectivity index (χ0) is 12.9. The van der Waals surface area contributed by atoms with Crippen LogP contribution in [0.4, 0.5) is 26.3 Å². The van der Waals surface area contributed by atoms with E-state index in [2.05, 4.69) is 0 Å². The lowest BCUT2D eigenvalue weighted by Crippen LogP contribution is -2.67. The number of hydrogen-bond acceptors (Lipinski definition) is 1. The topological polar surface area (TPSA) is 37.3 Å². The molecule has 1 fully saturated rings. The maximum absolute atomic E-state index is 12.5. The number of halogens is 6. The van der Waals surface area contributed by atoms with Crippen LogP contribution in [0.2, 0.25) is 0 Å². The third-order valence-electron chi connectivity index (χ3n) is 3.15. The molecule has 2 unspecified atom stereocenters. The summed E-state index contributed by atoms with van der Waals surface area (Å²) in [6.07, 6.45) is -11.8. The van der Waals surface area contributed by atoms with E-state index < -0.39 is 42.0 Å². The first kappa shape index (κ1) is 13.1. The van der Waals surface area contributed by atoms with Crippen molar-refractivity contribution in [2.75, 3.05) is 0 Å². The molecule has 1 rings (SSSR count). The lowest BCUT2D eigenvalue weighted by molar-refractivity contribution is -0.401. The Morgan fingerprint density at radius 3 is 1.69 bits per heavy atom. The van der Waals surface area contributed by atoms with Gasteiger partial charge in [-0.1, -0.05) is 6.92 Å². The van der Waals surface area contributed by atoms with Crippen molar-refractivity contribution in [3.63, 3.8) is 0 Å². The normalized spacial score (nSPS) is 29.7. The van der Waals surface area contributed by atoms with E-state index >= 15 is 0 Å². The van der Waals surface area contributed by atoms with Crippen molar-refractivity contribution in [3.8, 4) is 0 Å². The molecule has 0 aliphatic heterocycles. The largest absolute Gasteiger partial charge is 0.481 e. The lowest BCUT2D eigenvalue weighted by Gasteiger charge is -2.53.